The summed E-state index contributed by atoms with van der Waals surface area (Å²) in [6.07, 6.45) is 0.974. The Balaban J connectivity index is 3.07. The first-order valence-corrected chi connectivity index (χ1v) is 5.58. The fourth-order valence-corrected chi connectivity index (χ4v) is 2.07. The molecule has 0 aromatic rings. The van der Waals surface area contributed by atoms with E-state index in [1.54, 1.807) is 0 Å². The van der Waals surface area contributed by atoms with E-state index in [1.807, 2.05) is 0 Å². The van der Waals surface area contributed by atoms with Crippen molar-refractivity contribution >= 4 is 20.1 Å². The van der Waals surface area contributed by atoms with E-state index in [0.717, 1.165) is 17.0 Å². The molecule has 0 amide bonds. The Bertz CT molecular complexity index is 97.1. The Kier molecular flexibility index (Phi) is 5.79. The van der Waals surface area contributed by atoms with Crippen LogP contribution in [0.1, 0.15) is 6.42 Å². The lowest BCUT2D eigenvalue weighted by Gasteiger charge is -1.97. The van der Waals surface area contributed by atoms with Crippen molar-refractivity contribution in [2.75, 3.05) is 6.54 Å². The molecule has 0 bridgehead atoms. The van der Waals surface area contributed by atoms with Crippen LogP contribution in [0.4, 0.5) is 0 Å². The smallest absolute Gasteiger partial charge is 0.367 e. The SMILES string of the molecule is NCCC[SiH2][N+]([O-])=N[SiH3]. The molecule has 9 heavy (non-hydrogen) atoms. The van der Waals surface area contributed by atoms with Gasteiger partial charge in [0.1, 0.15) is 0 Å². The molecule has 2 N–H and O–H groups in total. The lowest BCUT2D eigenvalue weighted by Crippen LogP contribution is -2.09. The lowest BCUT2D eigenvalue weighted by molar-refractivity contribution is -0.370. The van der Waals surface area contributed by atoms with Gasteiger partial charge >= 0.3 is 9.68 Å². The predicted molar refractivity (Wildman–Crippen MR) is 43.0 cm³/mol. The highest BCUT2D eigenvalue weighted by molar-refractivity contribution is 6.25. The molecule has 0 spiro atoms. The van der Waals surface area contributed by atoms with Gasteiger partial charge in [-0.25, -0.2) is 0 Å². The van der Waals surface area contributed by atoms with E-state index in [0.29, 0.717) is 16.9 Å². The molecule has 4 nitrogen and oxygen atoms in total. The molecule has 0 saturated heterocycles. The maximum absolute atomic E-state index is 10.5. The zero-order chi connectivity index (χ0) is 7.11. The zero-order valence-electron chi connectivity index (χ0n) is 5.71. The Morgan fingerprint density at radius 2 is 2.44 bits per heavy atom. The van der Waals surface area contributed by atoms with Crippen LogP contribution >= 0.6 is 0 Å². The maximum Gasteiger partial charge on any atom is 0.367 e. The van der Waals surface area contributed by atoms with Crippen molar-refractivity contribution in [3.8, 4) is 0 Å². The molecule has 0 fully saturated rings. The van der Waals surface area contributed by atoms with Gasteiger partial charge in [0.05, 0.1) is 0 Å². The van der Waals surface area contributed by atoms with Crippen molar-refractivity contribution in [2.45, 2.75) is 12.5 Å². The van der Waals surface area contributed by atoms with Crippen molar-refractivity contribution < 1.29 is 4.53 Å². The van der Waals surface area contributed by atoms with E-state index in [4.69, 9.17) is 5.73 Å². The van der Waals surface area contributed by atoms with Crippen LogP contribution in [0.5, 0.6) is 0 Å². The number of hydrogen-bond acceptors (Lipinski definition) is 3. The number of nitrogens with zero attached hydrogens (tertiary/aromatic N) is 2. The first-order valence-electron chi connectivity index (χ1n) is 3.05. The van der Waals surface area contributed by atoms with E-state index < -0.39 is 9.68 Å². The van der Waals surface area contributed by atoms with E-state index in [9.17, 15) is 5.21 Å². The topological polar surface area (TPSA) is 64.5 Å². The molecule has 0 aliphatic rings. The van der Waals surface area contributed by atoms with Gasteiger partial charge in [-0.15, -0.1) is 4.78 Å². The molecule has 0 aromatic heterocycles. The largest absolute Gasteiger partial charge is 0.622 e. The molecule has 0 heterocycles. The van der Waals surface area contributed by atoms with Gasteiger partial charge in [0.25, 0.3) is 0 Å². The molecular weight excluding hydrogens is 150 g/mol. The van der Waals surface area contributed by atoms with Crippen LogP contribution in [-0.4, -0.2) is 31.2 Å². The Morgan fingerprint density at radius 1 is 1.78 bits per heavy atom. The van der Waals surface area contributed by atoms with Crippen LogP contribution in [0.3, 0.4) is 0 Å². The van der Waals surface area contributed by atoms with Crippen LogP contribution in [-0.2, 0) is 0 Å². The quantitative estimate of drug-likeness (QED) is 0.227. The summed E-state index contributed by atoms with van der Waals surface area (Å²) in [6, 6.07) is 0.992. The molecule has 0 radical (unpaired) electrons. The summed E-state index contributed by atoms with van der Waals surface area (Å²) in [5.74, 6) is 0. The Hall–Kier alpha value is -0.206. The van der Waals surface area contributed by atoms with Crippen LogP contribution < -0.4 is 5.73 Å². The minimum atomic E-state index is -0.609. The second-order valence-electron chi connectivity index (χ2n) is 1.77. The molecule has 6 heteroatoms. The highest BCUT2D eigenvalue weighted by Gasteiger charge is 1.94. The first kappa shape index (κ1) is 8.79. The third kappa shape index (κ3) is 5.67. The van der Waals surface area contributed by atoms with E-state index in [-0.39, 0.29) is 0 Å². The minimum absolute atomic E-state index is 0.609. The van der Waals surface area contributed by atoms with Gasteiger partial charge in [-0.05, 0) is 13.0 Å². The molecule has 0 aliphatic carbocycles. The first-order chi connectivity index (χ1) is 4.31. The number of rotatable bonds is 4. The molecule has 0 atom stereocenters. The highest BCUT2D eigenvalue weighted by atomic mass is 28.2. The van der Waals surface area contributed by atoms with Gasteiger partial charge in [-0.1, -0.05) is 0 Å². The van der Waals surface area contributed by atoms with Crippen molar-refractivity contribution in [3.63, 3.8) is 0 Å². The van der Waals surface area contributed by atoms with Gasteiger partial charge in [-0.3, -0.25) is 0 Å². The molecule has 54 valence electrons. The summed E-state index contributed by atoms with van der Waals surface area (Å²) in [5, 5.41) is 10.5. The Morgan fingerprint density at radius 3 is 2.89 bits per heavy atom. The molecule has 0 aromatic carbocycles. The van der Waals surface area contributed by atoms with Gasteiger partial charge in [-0.2, -0.15) is 4.53 Å². The van der Waals surface area contributed by atoms with Crippen LogP contribution in [0.2, 0.25) is 6.04 Å². The third-order valence-corrected chi connectivity index (χ3v) is 3.52. The number of nitrogens with two attached hydrogens (primary N) is 1. The summed E-state index contributed by atoms with van der Waals surface area (Å²) in [4.78, 5) is 0. The molecular formula is C3H13N3OSi2. The minimum Gasteiger partial charge on any atom is -0.622 e. The summed E-state index contributed by atoms with van der Waals surface area (Å²) in [5.41, 5.74) is 5.24. The normalized spacial score (nSPS) is 13.7. The second kappa shape index (κ2) is 5.92. The summed E-state index contributed by atoms with van der Waals surface area (Å²) in [6.45, 7) is 0.696. The van der Waals surface area contributed by atoms with Crippen molar-refractivity contribution in [3.05, 3.63) is 5.21 Å². The standard InChI is InChI=1S/C3H13N3OSi2/c4-2-1-3-9-6(7)5-8/h1-4,9H2,8H3. The molecule has 0 saturated carbocycles. The van der Waals surface area contributed by atoms with E-state index in [2.05, 4.69) is 4.78 Å². The summed E-state index contributed by atoms with van der Waals surface area (Å²) < 4.78 is 4.47. The maximum atomic E-state index is 10.5. The molecule has 0 rings (SSSR count). The zero-order valence-corrected chi connectivity index (χ0v) is 9.12. The fraction of sp³-hybridized carbons (Fsp3) is 1.00. The Labute approximate surface area is 60.1 Å². The van der Waals surface area contributed by atoms with Crippen LogP contribution in [0.25, 0.3) is 0 Å². The van der Waals surface area contributed by atoms with Gasteiger partial charge in [0.2, 0.25) is 10.4 Å². The van der Waals surface area contributed by atoms with Crippen molar-refractivity contribution in [2.24, 2.45) is 10.5 Å². The average Bonchev–Trinajstić information content (AvgIpc) is 1.89. The van der Waals surface area contributed by atoms with E-state index in [1.165, 1.54) is 0 Å². The van der Waals surface area contributed by atoms with Crippen molar-refractivity contribution in [1.29, 1.82) is 0 Å². The average molecular weight is 163 g/mol. The summed E-state index contributed by atoms with van der Waals surface area (Å²) in [7, 11) is 0.0235. The van der Waals surface area contributed by atoms with Crippen molar-refractivity contribution in [1.82, 2.24) is 0 Å². The molecule has 0 unspecified atom stereocenters. The van der Waals surface area contributed by atoms with Crippen LogP contribution in [0, 0.1) is 5.21 Å². The second-order valence-corrected chi connectivity index (χ2v) is 3.87. The van der Waals surface area contributed by atoms with Crippen LogP contribution in [0.15, 0.2) is 4.78 Å². The van der Waals surface area contributed by atoms with Gasteiger partial charge in [0, 0.05) is 6.04 Å². The highest BCUT2D eigenvalue weighted by Crippen LogP contribution is 1.84. The lowest BCUT2D eigenvalue weighted by atomic mass is 10.5. The molecule has 0 aliphatic heterocycles. The summed E-state index contributed by atoms with van der Waals surface area (Å²) >= 11 is 0. The predicted octanol–water partition coefficient (Wildman–Crippen LogP) is -1.92. The van der Waals surface area contributed by atoms with Gasteiger partial charge < -0.3 is 10.9 Å². The van der Waals surface area contributed by atoms with Gasteiger partial charge in [0.15, 0.2) is 0 Å². The monoisotopic (exact) mass is 163 g/mol. The number of hydrogen-bond donors (Lipinski definition) is 1. The third-order valence-electron chi connectivity index (χ3n) is 1.03. The fourth-order valence-electron chi connectivity index (χ4n) is 0.491. The van der Waals surface area contributed by atoms with E-state index >= 15 is 0 Å².